The standard InChI is InChI=1S/C25H34N2O3/c1-21(30-20-23-11-6-13-24(19-23)29-2)25(28)27-16-8-15-26(17-18-27)14-7-12-22-9-4-3-5-10-22/h3-6,9-11,13,19,21H,7-8,12,14-18,20H2,1-2H3. The molecule has 0 spiro atoms. The molecule has 5 nitrogen and oxygen atoms in total. The summed E-state index contributed by atoms with van der Waals surface area (Å²) in [6, 6.07) is 18.4. The van der Waals surface area contributed by atoms with Gasteiger partial charge in [-0.05, 0) is 62.5 Å². The topological polar surface area (TPSA) is 42.0 Å². The Balaban J connectivity index is 1.40. The Morgan fingerprint density at radius 1 is 1.00 bits per heavy atom. The average molecular weight is 411 g/mol. The lowest BCUT2D eigenvalue weighted by Crippen LogP contribution is -2.41. The van der Waals surface area contributed by atoms with Crippen LogP contribution < -0.4 is 4.74 Å². The zero-order valence-corrected chi connectivity index (χ0v) is 18.3. The molecule has 5 heteroatoms. The molecule has 2 aromatic rings. The molecule has 0 radical (unpaired) electrons. The number of nitrogens with zero attached hydrogens (tertiary/aromatic N) is 2. The predicted molar refractivity (Wildman–Crippen MR) is 120 cm³/mol. The summed E-state index contributed by atoms with van der Waals surface area (Å²) in [5.41, 5.74) is 2.40. The molecular formula is C25H34N2O3. The van der Waals surface area contributed by atoms with Gasteiger partial charge in [-0.15, -0.1) is 0 Å². The first-order chi connectivity index (χ1) is 14.7. The van der Waals surface area contributed by atoms with Crippen molar-refractivity contribution in [3.8, 4) is 5.75 Å². The van der Waals surface area contributed by atoms with Crippen molar-refractivity contribution < 1.29 is 14.3 Å². The van der Waals surface area contributed by atoms with Gasteiger partial charge in [0.1, 0.15) is 11.9 Å². The van der Waals surface area contributed by atoms with Gasteiger partial charge < -0.3 is 19.3 Å². The zero-order chi connectivity index (χ0) is 21.2. The minimum absolute atomic E-state index is 0.0871. The number of carbonyl (C=O) groups excluding carboxylic acids is 1. The molecule has 0 aliphatic carbocycles. The van der Waals surface area contributed by atoms with E-state index in [2.05, 4.69) is 35.2 Å². The van der Waals surface area contributed by atoms with Crippen molar-refractivity contribution in [2.45, 2.75) is 38.9 Å². The van der Waals surface area contributed by atoms with Crippen LogP contribution in [0.25, 0.3) is 0 Å². The SMILES string of the molecule is COc1cccc(COC(C)C(=O)N2CCCN(CCCc3ccccc3)CC2)c1. The van der Waals surface area contributed by atoms with Crippen LogP contribution in [0.15, 0.2) is 54.6 Å². The van der Waals surface area contributed by atoms with Crippen LogP contribution >= 0.6 is 0 Å². The molecule has 1 amide bonds. The lowest BCUT2D eigenvalue weighted by Gasteiger charge is -2.25. The van der Waals surface area contributed by atoms with E-state index in [1.807, 2.05) is 36.1 Å². The first kappa shape index (κ1) is 22.3. The molecule has 1 heterocycles. The maximum absolute atomic E-state index is 12.9. The van der Waals surface area contributed by atoms with Crippen molar-refractivity contribution in [2.75, 3.05) is 39.8 Å². The third-order valence-electron chi connectivity index (χ3n) is 5.66. The third-order valence-corrected chi connectivity index (χ3v) is 5.66. The van der Waals surface area contributed by atoms with Gasteiger partial charge in [0.25, 0.3) is 5.91 Å². The lowest BCUT2D eigenvalue weighted by atomic mass is 10.1. The van der Waals surface area contributed by atoms with Crippen LogP contribution in [0, 0.1) is 0 Å². The van der Waals surface area contributed by atoms with Gasteiger partial charge in [0.15, 0.2) is 0 Å². The molecule has 1 fully saturated rings. The molecule has 1 aliphatic heterocycles. The van der Waals surface area contributed by atoms with Gasteiger partial charge in [-0.2, -0.15) is 0 Å². The van der Waals surface area contributed by atoms with Crippen LogP contribution in [0.2, 0.25) is 0 Å². The maximum Gasteiger partial charge on any atom is 0.251 e. The molecule has 30 heavy (non-hydrogen) atoms. The molecule has 162 valence electrons. The first-order valence-electron chi connectivity index (χ1n) is 11.0. The quantitative estimate of drug-likeness (QED) is 0.631. The molecule has 1 saturated heterocycles. The summed E-state index contributed by atoms with van der Waals surface area (Å²) in [7, 11) is 1.65. The van der Waals surface area contributed by atoms with E-state index < -0.39 is 6.10 Å². The third kappa shape index (κ3) is 6.85. The number of benzene rings is 2. The summed E-state index contributed by atoms with van der Waals surface area (Å²) >= 11 is 0. The normalized spacial score (nSPS) is 16.1. The number of amides is 1. The summed E-state index contributed by atoms with van der Waals surface area (Å²) in [4.78, 5) is 17.3. The van der Waals surface area contributed by atoms with Crippen molar-refractivity contribution in [1.82, 2.24) is 9.80 Å². The molecule has 1 unspecified atom stereocenters. The van der Waals surface area contributed by atoms with Crippen LogP contribution in [0.5, 0.6) is 5.75 Å². The second-order valence-electron chi connectivity index (χ2n) is 7.91. The highest BCUT2D eigenvalue weighted by molar-refractivity contribution is 5.80. The minimum Gasteiger partial charge on any atom is -0.497 e. The first-order valence-corrected chi connectivity index (χ1v) is 11.0. The van der Waals surface area contributed by atoms with E-state index in [1.165, 1.54) is 5.56 Å². The Kier molecular flexibility index (Phi) is 8.72. The Hall–Kier alpha value is -2.37. The zero-order valence-electron chi connectivity index (χ0n) is 18.3. The summed E-state index contributed by atoms with van der Waals surface area (Å²) < 4.78 is 11.1. The van der Waals surface area contributed by atoms with E-state index in [0.29, 0.717) is 6.61 Å². The van der Waals surface area contributed by atoms with Crippen molar-refractivity contribution in [3.05, 3.63) is 65.7 Å². The fraction of sp³-hybridized carbons (Fsp3) is 0.480. The van der Waals surface area contributed by atoms with Gasteiger partial charge >= 0.3 is 0 Å². The molecule has 0 saturated carbocycles. The maximum atomic E-state index is 12.9. The lowest BCUT2D eigenvalue weighted by molar-refractivity contribution is -0.143. The Bertz CT molecular complexity index is 781. The molecule has 1 atom stereocenters. The highest BCUT2D eigenvalue weighted by Gasteiger charge is 2.23. The van der Waals surface area contributed by atoms with Gasteiger partial charge in [0, 0.05) is 19.6 Å². The molecule has 0 bridgehead atoms. The van der Waals surface area contributed by atoms with Crippen molar-refractivity contribution in [2.24, 2.45) is 0 Å². The van der Waals surface area contributed by atoms with Crippen LogP contribution in [-0.2, 0) is 22.6 Å². The van der Waals surface area contributed by atoms with E-state index in [9.17, 15) is 4.79 Å². The van der Waals surface area contributed by atoms with Crippen molar-refractivity contribution >= 4 is 5.91 Å². The van der Waals surface area contributed by atoms with Crippen molar-refractivity contribution in [1.29, 1.82) is 0 Å². The van der Waals surface area contributed by atoms with Gasteiger partial charge in [-0.3, -0.25) is 4.79 Å². The van der Waals surface area contributed by atoms with Crippen LogP contribution in [-0.4, -0.2) is 61.6 Å². The number of hydrogen-bond donors (Lipinski definition) is 0. The van der Waals surface area contributed by atoms with Crippen LogP contribution in [0.1, 0.15) is 30.9 Å². The Morgan fingerprint density at radius 3 is 2.60 bits per heavy atom. The monoisotopic (exact) mass is 410 g/mol. The van der Waals surface area contributed by atoms with Gasteiger partial charge in [-0.25, -0.2) is 0 Å². The van der Waals surface area contributed by atoms with Crippen LogP contribution in [0.4, 0.5) is 0 Å². The van der Waals surface area contributed by atoms with E-state index in [1.54, 1.807) is 7.11 Å². The molecule has 3 rings (SSSR count). The molecule has 0 aromatic heterocycles. The molecular weight excluding hydrogens is 376 g/mol. The number of carbonyl (C=O) groups is 1. The number of rotatable bonds is 9. The summed E-state index contributed by atoms with van der Waals surface area (Å²) in [6.07, 6.45) is 2.83. The number of aryl methyl sites for hydroxylation is 1. The van der Waals surface area contributed by atoms with E-state index in [0.717, 1.165) is 63.3 Å². The van der Waals surface area contributed by atoms with E-state index in [4.69, 9.17) is 9.47 Å². The summed E-state index contributed by atoms with van der Waals surface area (Å²) in [5, 5.41) is 0. The van der Waals surface area contributed by atoms with E-state index >= 15 is 0 Å². The number of methoxy groups -OCH3 is 1. The van der Waals surface area contributed by atoms with Gasteiger partial charge in [0.05, 0.1) is 13.7 Å². The second-order valence-corrected chi connectivity index (χ2v) is 7.91. The number of hydrogen-bond acceptors (Lipinski definition) is 4. The Labute approximate surface area is 180 Å². The predicted octanol–water partition coefficient (Wildman–Crippen LogP) is 3.77. The van der Waals surface area contributed by atoms with Gasteiger partial charge in [0.2, 0.25) is 0 Å². The molecule has 0 N–H and O–H groups in total. The smallest absolute Gasteiger partial charge is 0.251 e. The fourth-order valence-electron chi connectivity index (χ4n) is 3.88. The van der Waals surface area contributed by atoms with Crippen LogP contribution in [0.3, 0.4) is 0 Å². The highest BCUT2D eigenvalue weighted by Crippen LogP contribution is 2.15. The molecule has 2 aromatic carbocycles. The second kappa shape index (κ2) is 11.7. The van der Waals surface area contributed by atoms with E-state index in [-0.39, 0.29) is 5.91 Å². The fourth-order valence-corrected chi connectivity index (χ4v) is 3.88. The average Bonchev–Trinajstić information content (AvgIpc) is 3.03. The van der Waals surface area contributed by atoms with Crippen molar-refractivity contribution in [3.63, 3.8) is 0 Å². The largest absolute Gasteiger partial charge is 0.497 e. The molecule has 1 aliphatic rings. The Morgan fingerprint density at radius 2 is 1.80 bits per heavy atom. The van der Waals surface area contributed by atoms with Gasteiger partial charge in [-0.1, -0.05) is 42.5 Å². The highest BCUT2D eigenvalue weighted by atomic mass is 16.5. The summed E-state index contributed by atoms with van der Waals surface area (Å²) in [6.45, 7) is 6.91. The summed E-state index contributed by atoms with van der Waals surface area (Å²) in [5.74, 6) is 0.888. The number of ether oxygens (including phenoxy) is 2. The minimum atomic E-state index is -0.444.